The summed E-state index contributed by atoms with van der Waals surface area (Å²) in [4.78, 5) is 23.7. The van der Waals surface area contributed by atoms with Gasteiger partial charge in [0.2, 0.25) is 5.91 Å². The highest BCUT2D eigenvalue weighted by Gasteiger charge is 2.35. The summed E-state index contributed by atoms with van der Waals surface area (Å²) >= 11 is 0. The Labute approximate surface area is 247 Å². The van der Waals surface area contributed by atoms with Gasteiger partial charge in [-0.15, -0.1) is 0 Å². The Kier molecular flexibility index (Phi) is 7.50. The van der Waals surface area contributed by atoms with Crippen LogP contribution in [-0.2, 0) is 20.8 Å². The fourth-order valence-electron chi connectivity index (χ4n) is 5.65. The van der Waals surface area contributed by atoms with E-state index in [0.29, 0.717) is 37.8 Å². The molecule has 3 aromatic carbocycles. The molecule has 5 aromatic rings. The third-order valence-electron chi connectivity index (χ3n) is 7.70. The van der Waals surface area contributed by atoms with Crippen molar-refractivity contribution in [3.05, 3.63) is 96.7 Å². The van der Waals surface area contributed by atoms with Crippen LogP contribution in [0.1, 0.15) is 5.56 Å². The van der Waals surface area contributed by atoms with E-state index in [9.17, 15) is 9.18 Å². The molecule has 43 heavy (non-hydrogen) atoms. The van der Waals surface area contributed by atoms with Gasteiger partial charge in [0.15, 0.2) is 0 Å². The second-order valence-electron chi connectivity index (χ2n) is 10.7. The van der Waals surface area contributed by atoms with Crippen LogP contribution < -0.4 is 10.6 Å². The van der Waals surface area contributed by atoms with Crippen molar-refractivity contribution in [3.8, 4) is 0 Å². The third-order valence-corrected chi connectivity index (χ3v) is 7.70. The van der Waals surface area contributed by atoms with E-state index in [-0.39, 0.29) is 23.9 Å². The van der Waals surface area contributed by atoms with E-state index in [4.69, 9.17) is 9.47 Å². The van der Waals surface area contributed by atoms with Crippen LogP contribution >= 0.6 is 0 Å². The lowest BCUT2D eigenvalue weighted by Crippen LogP contribution is -2.36. The molecule has 0 bridgehead atoms. The zero-order chi connectivity index (χ0) is 29.2. The van der Waals surface area contributed by atoms with E-state index in [1.165, 1.54) is 18.5 Å². The summed E-state index contributed by atoms with van der Waals surface area (Å²) in [5.41, 5.74) is 3.99. The molecule has 0 radical (unpaired) electrons. The molecule has 2 aliphatic heterocycles. The first-order chi connectivity index (χ1) is 21.1. The van der Waals surface area contributed by atoms with Crippen LogP contribution in [-0.4, -0.2) is 75.6 Å². The number of nitrogens with one attached hydrogen (secondary N) is 2. The normalized spacial score (nSPS) is 18.8. The maximum Gasteiger partial charge on any atom is 0.248 e. The number of ether oxygens (including phenoxy) is 2. The van der Waals surface area contributed by atoms with Gasteiger partial charge < -0.3 is 20.1 Å². The summed E-state index contributed by atoms with van der Waals surface area (Å²) in [5, 5.41) is 12.5. The van der Waals surface area contributed by atoms with E-state index >= 15 is 0 Å². The smallest absolute Gasteiger partial charge is 0.248 e. The fourth-order valence-corrected chi connectivity index (χ4v) is 5.65. The van der Waals surface area contributed by atoms with Gasteiger partial charge in [0, 0.05) is 47.9 Å². The zero-order valence-corrected chi connectivity index (χ0v) is 23.3. The number of nitrogens with zero attached hydrogens (tertiary/aromatic N) is 5. The SMILES string of the molecule is O=C(/C=C/CN1C[C@@H]2OCCO[C@@H]2C1)Nc1ccc2ncnc(Nc3ccc4c(cnn4Cc4cccc(F)c4)c3)c2c1. The Bertz CT molecular complexity index is 1810. The van der Waals surface area contributed by atoms with E-state index in [1.54, 1.807) is 18.3 Å². The van der Waals surface area contributed by atoms with E-state index in [2.05, 4.69) is 30.6 Å². The molecule has 2 aromatic heterocycles. The molecule has 4 heterocycles. The van der Waals surface area contributed by atoms with Crippen LogP contribution in [0.2, 0.25) is 0 Å². The van der Waals surface area contributed by atoms with Crippen molar-refractivity contribution in [2.75, 3.05) is 43.5 Å². The summed E-state index contributed by atoms with van der Waals surface area (Å²) < 4.78 is 27.0. The zero-order valence-electron chi connectivity index (χ0n) is 23.3. The molecule has 2 atom stereocenters. The number of carbonyl (C=O) groups excluding carboxylic acids is 1. The van der Waals surface area contributed by atoms with Crippen molar-refractivity contribution < 1.29 is 18.7 Å². The Morgan fingerprint density at radius 3 is 2.67 bits per heavy atom. The lowest BCUT2D eigenvalue weighted by atomic mass is 10.2. The summed E-state index contributed by atoms with van der Waals surface area (Å²) in [5.74, 6) is 0.136. The number of carbonyl (C=O) groups is 1. The third kappa shape index (κ3) is 6.09. The predicted octanol–water partition coefficient (Wildman–Crippen LogP) is 4.50. The van der Waals surface area contributed by atoms with Gasteiger partial charge in [-0.25, -0.2) is 14.4 Å². The lowest BCUT2D eigenvalue weighted by molar-refractivity contribution is -0.116. The Morgan fingerprint density at radius 1 is 1.00 bits per heavy atom. The summed E-state index contributed by atoms with van der Waals surface area (Å²) in [6.45, 7) is 4.02. The molecule has 0 saturated carbocycles. The molecule has 2 fully saturated rings. The molecule has 2 N–H and O–H groups in total. The first-order valence-electron chi connectivity index (χ1n) is 14.2. The average molecular weight is 580 g/mol. The van der Waals surface area contributed by atoms with Gasteiger partial charge in [-0.2, -0.15) is 5.10 Å². The van der Waals surface area contributed by atoms with Crippen LogP contribution in [0.4, 0.5) is 21.6 Å². The minimum Gasteiger partial charge on any atom is -0.372 e. The largest absolute Gasteiger partial charge is 0.372 e. The summed E-state index contributed by atoms with van der Waals surface area (Å²) in [6.07, 6.45) is 6.94. The number of rotatable bonds is 8. The maximum absolute atomic E-state index is 13.6. The summed E-state index contributed by atoms with van der Waals surface area (Å²) in [7, 11) is 0. The Morgan fingerprint density at radius 2 is 1.84 bits per heavy atom. The van der Waals surface area contributed by atoms with Crippen LogP contribution in [0, 0.1) is 5.82 Å². The van der Waals surface area contributed by atoms with Crippen molar-refractivity contribution in [2.24, 2.45) is 0 Å². The molecule has 2 saturated heterocycles. The number of amides is 1. The highest BCUT2D eigenvalue weighted by Crippen LogP contribution is 2.28. The predicted molar refractivity (Wildman–Crippen MR) is 162 cm³/mol. The highest BCUT2D eigenvalue weighted by atomic mass is 19.1. The molecule has 11 heteroatoms. The molecule has 0 unspecified atom stereocenters. The molecule has 7 rings (SSSR count). The lowest BCUT2D eigenvalue weighted by Gasteiger charge is -2.24. The number of aromatic nitrogens is 4. The maximum atomic E-state index is 13.6. The Balaban J connectivity index is 1.02. The number of benzene rings is 3. The number of likely N-dealkylation sites (tertiary alicyclic amines) is 1. The molecule has 0 spiro atoms. The van der Waals surface area contributed by atoms with E-state index in [1.807, 2.05) is 53.2 Å². The van der Waals surface area contributed by atoms with E-state index < -0.39 is 0 Å². The number of anilines is 3. The molecule has 0 aliphatic carbocycles. The standard InChI is InChI=1S/C32H30FN7O3/c33-23-4-1-3-21(13-23)17-40-28-9-7-24(14-22(28)16-36-40)38-32-26-15-25(6-8-27(26)34-20-35-32)37-31(41)5-2-10-39-18-29-30(19-39)43-12-11-42-29/h1-9,13-16,20,29-30H,10-12,17-19H2,(H,37,41)(H,34,35,38)/b5-2+/t29-,30+. The fraction of sp³-hybridized carbons (Fsp3) is 0.250. The summed E-state index contributed by atoms with van der Waals surface area (Å²) in [6, 6.07) is 18.0. The minimum absolute atomic E-state index is 0.116. The van der Waals surface area contributed by atoms with Crippen molar-refractivity contribution in [3.63, 3.8) is 0 Å². The van der Waals surface area contributed by atoms with Gasteiger partial charge in [0.25, 0.3) is 0 Å². The van der Waals surface area contributed by atoms with Crippen molar-refractivity contribution in [1.29, 1.82) is 0 Å². The van der Waals surface area contributed by atoms with Gasteiger partial charge >= 0.3 is 0 Å². The van der Waals surface area contributed by atoms with Crippen LogP contribution in [0.5, 0.6) is 0 Å². The average Bonchev–Trinajstić information content (AvgIpc) is 3.61. The topological polar surface area (TPSA) is 106 Å². The first-order valence-corrected chi connectivity index (χ1v) is 14.2. The van der Waals surface area contributed by atoms with Gasteiger partial charge in [-0.3, -0.25) is 14.4 Å². The number of hydrogen-bond acceptors (Lipinski definition) is 8. The van der Waals surface area contributed by atoms with Crippen LogP contribution in [0.15, 0.2) is 85.3 Å². The number of hydrogen-bond donors (Lipinski definition) is 2. The van der Waals surface area contributed by atoms with Crippen molar-refractivity contribution in [2.45, 2.75) is 18.8 Å². The molecular weight excluding hydrogens is 549 g/mol. The first kappa shape index (κ1) is 27.1. The molecule has 1 amide bonds. The monoisotopic (exact) mass is 579 g/mol. The molecule has 2 aliphatic rings. The van der Waals surface area contributed by atoms with Gasteiger partial charge in [0.05, 0.1) is 49.2 Å². The number of halogens is 1. The Hall–Kier alpha value is -4.71. The number of fused-ring (bicyclic) bond motifs is 3. The highest BCUT2D eigenvalue weighted by molar-refractivity contribution is 6.02. The van der Waals surface area contributed by atoms with Crippen molar-refractivity contribution >= 4 is 44.9 Å². The van der Waals surface area contributed by atoms with Gasteiger partial charge in [0.1, 0.15) is 18.0 Å². The van der Waals surface area contributed by atoms with Gasteiger partial charge in [-0.1, -0.05) is 18.2 Å². The molecular formula is C32H30FN7O3. The quantitative estimate of drug-likeness (QED) is 0.259. The molecule has 218 valence electrons. The van der Waals surface area contributed by atoms with E-state index in [0.717, 1.165) is 46.1 Å². The van der Waals surface area contributed by atoms with Crippen molar-refractivity contribution in [1.82, 2.24) is 24.6 Å². The van der Waals surface area contributed by atoms with Crippen LogP contribution in [0.25, 0.3) is 21.8 Å². The second kappa shape index (κ2) is 11.9. The second-order valence-corrected chi connectivity index (χ2v) is 10.7. The molecule has 10 nitrogen and oxygen atoms in total. The minimum atomic E-state index is -0.266. The van der Waals surface area contributed by atoms with Crippen LogP contribution in [0.3, 0.4) is 0 Å². The van der Waals surface area contributed by atoms with Gasteiger partial charge in [-0.05, 0) is 54.1 Å².